The van der Waals surface area contributed by atoms with Crippen LogP contribution in [-0.4, -0.2) is 53.8 Å². The summed E-state index contributed by atoms with van der Waals surface area (Å²) in [6.07, 6.45) is -4.52. The number of aromatic nitrogens is 2. The molecule has 31 heavy (non-hydrogen) atoms. The normalized spacial score (nSPS) is 16.6. The van der Waals surface area contributed by atoms with Gasteiger partial charge in [0.25, 0.3) is 5.56 Å². The van der Waals surface area contributed by atoms with Gasteiger partial charge in [0.2, 0.25) is 10.0 Å². The molecule has 11 heteroatoms. The third kappa shape index (κ3) is 4.48. The smallest absolute Gasteiger partial charge is 0.309 e. The Labute approximate surface area is 176 Å². The topological polar surface area (TPSA) is 86.4 Å². The first kappa shape index (κ1) is 21.5. The molecule has 1 N–H and O–H groups in total. The molecular weight excluding hydrogens is 433 g/mol. The van der Waals surface area contributed by atoms with Crippen molar-refractivity contribution in [2.75, 3.05) is 26.2 Å². The Morgan fingerprint density at radius 2 is 1.61 bits per heavy atom. The van der Waals surface area contributed by atoms with Gasteiger partial charge in [-0.25, -0.2) is 13.4 Å². The van der Waals surface area contributed by atoms with Crippen LogP contribution in [-0.2, 0) is 22.7 Å². The monoisotopic (exact) mass is 452 g/mol. The molecule has 2 heterocycles. The molecule has 0 unspecified atom stereocenters. The fourth-order valence-corrected chi connectivity index (χ4v) is 4.94. The molecule has 0 atom stereocenters. The van der Waals surface area contributed by atoms with E-state index in [-0.39, 0.29) is 23.5 Å². The van der Waals surface area contributed by atoms with Crippen LogP contribution in [0.5, 0.6) is 0 Å². The van der Waals surface area contributed by atoms with Gasteiger partial charge in [-0.1, -0.05) is 12.1 Å². The average molecular weight is 452 g/mol. The van der Waals surface area contributed by atoms with Gasteiger partial charge in [-0.05, 0) is 36.4 Å². The largest absolute Gasteiger partial charge is 0.416 e. The highest BCUT2D eigenvalue weighted by Crippen LogP contribution is 2.30. The Hall–Kier alpha value is -2.76. The van der Waals surface area contributed by atoms with E-state index in [1.54, 1.807) is 24.3 Å². The Morgan fingerprint density at radius 3 is 2.26 bits per heavy atom. The lowest BCUT2D eigenvalue weighted by atomic mass is 10.2. The van der Waals surface area contributed by atoms with E-state index in [0.29, 0.717) is 36.4 Å². The second-order valence-corrected chi connectivity index (χ2v) is 9.17. The van der Waals surface area contributed by atoms with Crippen molar-refractivity contribution in [1.82, 2.24) is 19.2 Å². The minimum atomic E-state index is -4.52. The van der Waals surface area contributed by atoms with Crippen molar-refractivity contribution in [3.05, 3.63) is 70.3 Å². The third-order valence-electron chi connectivity index (χ3n) is 5.19. The Balaban J connectivity index is 1.43. The van der Waals surface area contributed by atoms with Crippen LogP contribution in [0, 0.1) is 0 Å². The Kier molecular flexibility index (Phi) is 5.58. The van der Waals surface area contributed by atoms with Crippen LogP contribution in [0.4, 0.5) is 13.2 Å². The first-order valence-corrected chi connectivity index (χ1v) is 11.0. The molecule has 164 valence electrons. The standard InChI is InChI=1S/C20H19F3N4O3S/c21-20(22,23)14-5-7-15(8-6-14)31(29,30)27-11-9-26(10-12-27)13-18-24-17-4-2-1-3-16(17)19(28)25-18/h1-8H,9-13H2,(H,24,25,28). The summed E-state index contributed by atoms with van der Waals surface area (Å²) in [7, 11) is -3.89. The van der Waals surface area contributed by atoms with Gasteiger partial charge in [-0.15, -0.1) is 0 Å². The van der Waals surface area contributed by atoms with Crippen molar-refractivity contribution in [1.29, 1.82) is 0 Å². The zero-order valence-electron chi connectivity index (χ0n) is 16.3. The molecular formula is C20H19F3N4O3S. The van der Waals surface area contributed by atoms with E-state index in [9.17, 15) is 26.4 Å². The molecule has 1 aliphatic rings. The predicted octanol–water partition coefficient (Wildman–Crippen LogP) is 2.45. The van der Waals surface area contributed by atoms with Gasteiger partial charge in [-0.3, -0.25) is 9.69 Å². The number of H-pyrrole nitrogens is 1. The fraction of sp³-hybridized carbons (Fsp3) is 0.300. The molecule has 3 aromatic rings. The number of piperazine rings is 1. The number of halogens is 3. The minimum absolute atomic E-state index is 0.172. The second kappa shape index (κ2) is 8.06. The minimum Gasteiger partial charge on any atom is -0.309 e. The maximum atomic E-state index is 12.8. The summed E-state index contributed by atoms with van der Waals surface area (Å²) in [6.45, 7) is 1.52. The molecule has 0 bridgehead atoms. The van der Waals surface area contributed by atoms with Crippen LogP contribution < -0.4 is 5.56 Å². The van der Waals surface area contributed by atoms with Crippen LogP contribution in [0.3, 0.4) is 0 Å². The third-order valence-corrected chi connectivity index (χ3v) is 7.10. The van der Waals surface area contributed by atoms with E-state index in [0.717, 1.165) is 24.3 Å². The molecule has 0 radical (unpaired) electrons. The Morgan fingerprint density at radius 1 is 0.968 bits per heavy atom. The molecule has 0 aliphatic carbocycles. The number of alkyl halides is 3. The second-order valence-electron chi connectivity index (χ2n) is 7.23. The van der Waals surface area contributed by atoms with E-state index in [4.69, 9.17) is 0 Å². The molecule has 1 aliphatic heterocycles. The molecule has 0 amide bonds. The number of rotatable bonds is 4. The summed E-state index contributed by atoms with van der Waals surface area (Å²) >= 11 is 0. The van der Waals surface area contributed by atoms with Gasteiger partial charge in [0, 0.05) is 26.2 Å². The van der Waals surface area contributed by atoms with E-state index < -0.39 is 21.8 Å². The highest BCUT2D eigenvalue weighted by atomic mass is 32.2. The number of nitrogens with one attached hydrogen (secondary N) is 1. The highest BCUT2D eigenvalue weighted by molar-refractivity contribution is 7.89. The molecule has 0 saturated carbocycles. The maximum Gasteiger partial charge on any atom is 0.416 e. The van der Waals surface area contributed by atoms with Crippen LogP contribution in [0.1, 0.15) is 11.4 Å². The number of nitrogens with zero attached hydrogens (tertiary/aromatic N) is 3. The lowest BCUT2D eigenvalue weighted by Crippen LogP contribution is -2.48. The lowest BCUT2D eigenvalue weighted by Gasteiger charge is -2.33. The summed E-state index contributed by atoms with van der Waals surface area (Å²) in [4.78, 5) is 21.2. The fourth-order valence-electron chi connectivity index (χ4n) is 3.51. The van der Waals surface area contributed by atoms with E-state index in [1.807, 2.05) is 4.90 Å². The number of fused-ring (bicyclic) bond motifs is 1. The van der Waals surface area contributed by atoms with Gasteiger partial charge < -0.3 is 4.98 Å². The van der Waals surface area contributed by atoms with Crippen molar-refractivity contribution < 1.29 is 21.6 Å². The summed E-state index contributed by atoms with van der Waals surface area (Å²) < 4.78 is 64.9. The summed E-state index contributed by atoms with van der Waals surface area (Å²) in [6, 6.07) is 10.5. The van der Waals surface area contributed by atoms with Gasteiger partial charge in [0.05, 0.1) is 27.9 Å². The van der Waals surface area contributed by atoms with E-state index in [2.05, 4.69) is 9.97 Å². The molecule has 1 saturated heterocycles. The lowest BCUT2D eigenvalue weighted by molar-refractivity contribution is -0.137. The molecule has 2 aromatic carbocycles. The van der Waals surface area contributed by atoms with Crippen molar-refractivity contribution in [3.63, 3.8) is 0 Å². The summed E-state index contributed by atoms with van der Waals surface area (Å²) in [5.74, 6) is 0.489. The number of sulfonamides is 1. The van der Waals surface area contributed by atoms with Gasteiger partial charge in [0.15, 0.2) is 0 Å². The van der Waals surface area contributed by atoms with Gasteiger partial charge in [0.1, 0.15) is 5.82 Å². The molecule has 1 aromatic heterocycles. The van der Waals surface area contributed by atoms with Crippen LogP contribution in [0.2, 0.25) is 0 Å². The van der Waals surface area contributed by atoms with Crippen LogP contribution >= 0.6 is 0 Å². The zero-order valence-corrected chi connectivity index (χ0v) is 17.1. The number of aromatic amines is 1. The summed E-state index contributed by atoms with van der Waals surface area (Å²) in [5, 5.41) is 0.499. The SMILES string of the molecule is O=c1[nH]c(CN2CCN(S(=O)(=O)c3ccc(C(F)(F)F)cc3)CC2)nc2ccccc12. The van der Waals surface area contributed by atoms with Crippen molar-refractivity contribution in [2.24, 2.45) is 0 Å². The van der Waals surface area contributed by atoms with Gasteiger partial charge >= 0.3 is 6.18 Å². The average Bonchev–Trinajstić information content (AvgIpc) is 2.74. The van der Waals surface area contributed by atoms with Crippen LogP contribution in [0.15, 0.2) is 58.2 Å². The molecule has 0 spiro atoms. The first-order chi connectivity index (χ1) is 14.6. The van der Waals surface area contributed by atoms with Gasteiger partial charge in [-0.2, -0.15) is 17.5 Å². The van der Waals surface area contributed by atoms with Crippen molar-refractivity contribution >= 4 is 20.9 Å². The molecule has 7 nitrogen and oxygen atoms in total. The molecule has 1 fully saturated rings. The van der Waals surface area contributed by atoms with Crippen LogP contribution in [0.25, 0.3) is 10.9 Å². The number of benzene rings is 2. The maximum absolute atomic E-state index is 12.8. The van der Waals surface area contributed by atoms with Crippen molar-refractivity contribution in [3.8, 4) is 0 Å². The first-order valence-electron chi connectivity index (χ1n) is 9.52. The zero-order chi connectivity index (χ0) is 22.2. The number of hydrogen-bond acceptors (Lipinski definition) is 5. The predicted molar refractivity (Wildman–Crippen MR) is 108 cm³/mol. The Bertz CT molecular complexity index is 1250. The van der Waals surface area contributed by atoms with Crippen molar-refractivity contribution in [2.45, 2.75) is 17.6 Å². The van der Waals surface area contributed by atoms with E-state index in [1.165, 1.54) is 4.31 Å². The number of para-hydroxylation sites is 1. The van der Waals surface area contributed by atoms with E-state index >= 15 is 0 Å². The highest BCUT2D eigenvalue weighted by Gasteiger charge is 2.32. The quantitative estimate of drug-likeness (QED) is 0.657. The molecule has 4 rings (SSSR count). The number of hydrogen-bond donors (Lipinski definition) is 1. The summed E-state index contributed by atoms with van der Waals surface area (Å²) in [5.41, 5.74) is -0.540.